The Bertz CT molecular complexity index is 598. The molecule has 1 saturated heterocycles. The standard InChI is InChI=1S/C16H17N3O/c20-16-15(18-8-9-19-16)11-12-2-1-3-14(10-12)13-4-6-17-7-5-13/h1-7,10,15,18H,8-9,11H2,(H,19,20)/t15-/m0/s1. The molecular weight excluding hydrogens is 250 g/mol. The maximum Gasteiger partial charge on any atom is 0.237 e. The average molecular weight is 267 g/mol. The first kappa shape index (κ1) is 12.8. The highest BCUT2D eigenvalue weighted by Gasteiger charge is 2.21. The number of pyridine rings is 1. The molecule has 0 unspecified atom stereocenters. The zero-order valence-corrected chi connectivity index (χ0v) is 11.2. The molecule has 0 aliphatic carbocycles. The van der Waals surface area contributed by atoms with Crippen molar-refractivity contribution in [2.45, 2.75) is 12.5 Å². The number of piperazine rings is 1. The molecule has 0 saturated carbocycles. The van der Waals surface area contributed by atoms with Crippen LogP contribution in [0.15, 0.2) is 48.8 Å². The minimum atomic E-state index is -0.128. The molecule has 1 aromatic carbocycles. The predicted octanol–water partition coefficient (Wildman–Crippen LogP) is 1.38. The number of benzene rings is 1. The molecule has 3 rings (SSSR count). The van der Waals surface area contributed by atoms with E-state index < -0.39 is 0 Å². The summed E-state index contributed by atoms with van der Waals surface area (Å²) in [5.74, 6) is 0.0885. The lowest BCUT2D eigenvalue weighted by molar-refractivity contribution is -0.124. The van der Waals surface area contributed by atoms with Gasteiger partial charge < -0.3 is 10.6 Å². The minimum absolute atomic E-state index is 0.0885. The van der Waals surface area contributed by atoms with E-state index in [1.807, 2.05) is 18.2 Å². The summed E-state index contributed by atoms with van der Waals surface area (Å²) in [7, 11) is 0. The van der Waals surface area contributed by atoms with E-state index in [0.29, 0.717) is 13.0 Å². The van der Waals surface area contributed by atoms with Crippen LogP contribution in [0.3, 0.4) is 0 Å². The second-order valence-corrected chi connectivity index (χ2v) is 4.94. The van der Waals surface area contributed by atoms with Gasteiger partial charge in [0.25, 0.3) is 0 Å². The fourth-order valence-electron chi connectivity index (χ4n) is 2.47. The highest BCUT2D eigenvalue weighted by molar-refractivity contribution is 5.82. The van der Waals surface area contributed by atoms with E-state index in [2.05, 4.69) is 33.8 Å². The first-order chi connectivity index (χ1) is 9.83. The molecule has 102 valence electrons. The molecule has 0 spiro atoms. The maximum atomic E-state index is 11.8. The molecule has 2 heterocycles. The van der Waals surface area contributed by atoms with Crippen LogP contribution < -0.4 is 10.6 Å². The van der Waals surface area contributed by atoms with E-state index in [1.165, 1.54) is 0 Å². The largest absolute Gasteiger partial charge is 0.353 e. The van der Waals surface area contributed by atoms with E-state index in [4.69, 9.17) is 0 Å². The third-order valence-corrected chi connectivity index (χ3v) is 3.51. The van der Waals surface area contributed by atoms with Crippen LogP contribution in [-0.2, 0) is 11.2 Å². The Hall–Kier alpha value is -2.20. The van der Waals surface area contributed by atoms with E-state index in [1.54, 1.807) is 12.4 Å². The van der Waals surface area contributed by atoms with E-state index in [9.17, 15) is 4.79 Å². The summed E-state index contributed by atoms with van der Waals surface area (Å²) >= 11 is 0. The summed E-state index contributed by atoms with van der Waals surface area (Å²) in [6.07, 6.45) is 4.29. The molecule has 1 atom stereocenters. The Balaban J connectivity index is 1.79. The molecule has 20 heavy (non-hydrogen) atoms. The predicted molar refractivity (Wildman–Crippen MR) is 78.2 cm³/mol. The Kier molecular flexibility index (Phi) is 3.74. The fourth-order valence-corrected chi connectivity index (χ4v) is 2.47. The Labute approximate surface area is 118 Å². The zero-order chi connectivity index (χ0) is 13.8. The van der Waals surface area contributed by atoms with Crippen molar-refractivity contribution in [3.8, 4) is 11.1 Å². The third-order valence-electron chi connectivity index (χ3n) is 3.51. The molecule has 0 radical (unpaired) electrons. The van der Waals surface area contributed by atoms with Gasteiger partial charge in [-0.3, -0.25) is 9.78 Å². The van der Waals surface area contributed by atoms with Crippen LogP contribution in [0.4, 0.5) is 0 Å². The summed E-state index contributed by atoms with van der Waals surface area (Å²) in [6.45, 7) is 1.55. The van der Waals surface area contributed by atoms with Crippen molar-refractivity contribution in [2.75, 3.05) is 13.1 Å². The molecule has 2 aromatic rings. The summed E-state index contributed by atoms with van der Waals surface area (Å²) < 4.78 is 0. The van der Waals surface area contributed by atoms with Crippen LogP contribution in [0, 0.1) is 0 Å². The highest BCUT2D eigenvalue weighted by Crippen LogP contribution is 2.20. The SMILES string of the molecule is O=C1NCCN[C@H]1Cc1cccc(-c2ccncc2)c1. The van der Waals surface area contributed by atoms with Crippen molar-refractivity contribution in [3.63, 3.8) is 0 Å². The van der Waals surface area contributed by atoms with Crippen LogP contribution in [0.2, 0.25) is 0 Å². The Morgan fingerprint density at radius 1 is 1.10 bits per heavy atom. The lowest BCUT2D eigenvalue weighted by atomic mass is 9.99. The maximum absolute atomic E-state index is 11.8. The van der Waals surface area contributed by atoms with Crippen LogP contribution in [0.5, 0.6) is 0 Å². The average Bonchev–Trinajstić information content (AvgIpc) is 2.51. The summed E-state index contributed by atoms with van der Waals surface area (Å²) in [6, 6.07) is 12.2. The van der Waals surface area contributed by atoms with Gasteiger partial charge in [-0.05, 0) is 35.2 Å². The van der Waals surface area contributed by atoms with Crippen LogP contribution >= 0.6 is 0 Å². The number of rotatable bonds is 3. The second-order valence-electron chi connectivity index (χ2n) is 4.94. The number of carbonyl (C=O) groups excluding carboxylic acids is 1. The van der Waals surface area contributed by atoms with Gasteiger partial charge in [-0.25, -0.2) is 0 Å². The number of nitrogens with one attached hydrogen (secondary N) is 2. The number of carbonyl (C=O) groups is 1. The van der Waals surface area contributed by atoms with Gasteiger partial charge in [0.05, 0.1) is 6.04 Å². The fraction of sp³-hybridized carbons (Fsp3) is 0.250. The number of nitrogens with zero attached hydrogens (tertiary/aromatic N) is 1. The van der Waals surface area contributed by atoms with Gasteiger partial charge in [0.1, 0.15) is 0 Å². The Morgan fingerprint density at radius 2 is 1.95 bits per heavy atom. The van der Waals surface area contributed by atoms with Crippen molar-refractivity contribution in [1.29, 1.82) is 0 Å². The second kappa shape index (κ2) is 5.84. The van der Waals surface area contributed by atoms with Crippen LogP contribution in [0.1, 0.15) is 5.56 Å². The van der Waals surface area contributed by atoms with Gasteiger partial charge >= 0.3 is 0 Å². The smallest absolute Gasteiger partial charge is 0.237 e. The van der Waals surface area contributed by atoms with E-state index >= 15 is 0 Å². The topological polar surface area (TPSA) is 54.0 Å². The molecule has 0 bridgehead atoms. The monoisotopic (exact) mass is 267 g/mol. The van der Waals surface area contributed by atoms with Gasteiger partial charge in [0, 0.05) is 25.5 Å². The van der Waals surface area contributed by atoms with Crippen LogP contribution in [-0.4, -0.2) is 30.0 Å². The molecule has 1 aromatic heterocycles. The van der Waals surface area contributed by atoms with E-state index in [-0.39, 0.29) is 11.9 Å². The number of aromatic nitrogens is 1. The van der Waals surface area contributed by atoms with Gasteiger partial charge in [0.15, 0.2) is 0 Å². The molecule has 2 N–H and O–H groups in total. The van der Waals surface area contributed by atoms with Crippen LogP contribution in [0.25, 0.3) is 11.1 Å². The van der Waals surface area contributed by atoms with Crippen molar-refractivity contribution in [1.82, 2.24) is 15.6 Å². The van der Waals surface area contributed by atoms with Crippen molar-refractivity contribution in [3.05, 3.63) is 54.4 Å². The summed E-state index contributed by atoms with van der Waals surface area (Å²) in [5, 5.41) is 6.14. The number of hydrogen-bond acceptors (Lipinski definition) is 3. The molecule has 1 amide bonds. The Morgan fingerprint density at radius 3 is 2.75 bits per heavy atom. The lowest BCUT2D eigenvalue weighted by Crippen LogP contribution is -2.53. The quantitative estimate of drug-likeness (QED) is 0.883. The lowest BCUT2D eigenvalue weighted by Gasteiger charge is -2.23. The van der Waals surface area contributed by atoms with Gasteiger partial charge in [-0.15, -0.1) is 0 Å². The molecule has 4 nitrogen and oxygen atoms in total. The normalized spacial score (nSPS) is 18.6. The first-order valence-corrected chi connectivity index (χ1v) is 6.83. The summed E-state index contributed by atoms with van der Waals surface area (Å²) in [4.78, 5) is 15.8. The van der Waals surface area contributed by atoms with Crippen molar-refractivity contribution < 1.29 is 4.79 Å². The first-order valence-electron chi connectivity index (χ1n) is 6.83. The number of hydrogen-bond donors (Lipinski definition) is 2. The minimum Gasteiger partial charge on any atom is -0.353 e. The van der Waals surface area contributed by atoms with Gasteiger partial charge in [0.2, 0.25) is 5.91 Å². The highest BCUT2D eigenvalue weighted by atomic mass is 16.2. The van der Waals surface area contributed by atoms with Gasteiger partial charge in [-0.1, -0.05) is 24.3 Å². The van der Waals surface area contributed by atoms with E-state index in [0.717, 1.165) is 23.2 Å². The number of amides is 1. The third kappa shape index (κ3) is 2.86. The molecule has 1 fully saturated rings. The molecular formula is C16H17N3O. The van der Waals surface area contributed by atoms with Crippen molar-refractivity contribution in [2.24, 2.45) is 0 Å². The molecule has 4 heteroatoms. The van der Waals surface area contributed by atoms with Gasteiger partial charge in [-0.2, -0.15) is 0 Å². The van der Waals surface area contributed by atoms with Crippen molar-refractivity contribution >= 4 is 5.91 Å². The summed E-state index contributed by atoms with van der Waals surface area (Å²) in [5.41, 5.74) is 3.46. The molecule has 1 aliphatic heterocycles. The molecule has 1 aliphatic rings. The zero-order valence-electron chi connectivity index (χ0n) is 11.2.